The van der Waals surface area contributed by atoms with Crippen molar-refractivity contribution in [2.75, 3.05) is 0 Å². The maximum atomic E-state index is 9.97. The Labute approximate surface area is 137 Å². The number of nitrogens with one attached hydrogen (secondary N) is 1. The number of hydrogen-bond donors (Lipinski definition) is 2. The SMILES string of the molecule is CCc1n[nH]c(=S)n1/N=C\c1cc(Br)cc(I)c1O. The van der Waals surface area contributed by atoms with Gasteiger partial charge in [0.25, 0.3) is 0 Å². The van der Waals surface area contributed by atoms with Gasteiger partial charge in [0.2, 0.25) is 4.77 Å². The molecule has 5 nitrogen and oxygen atoms in total. The van der Waals surface area contributed by atoms with E-state index in [1.807, 2.05) is 13.0 Å². The van der Waals surface area contributed by atoms with E-state index in [1.165, 1.54) is 0 Å². The normalized spacial score (nSPS) is 11.3. The van der Waals surface area contributed by atoms with Gasteiger partial charge >= 0.3 is 0 Å². The average molecular weight is 453 g/mol. The molecule has 8 heteroatoms. The molecule has 0 radical (unpaired) electrons. The number of aromatic amines is 1. The maximum Gasteiger partial charge on any atom is 0.216 e. The molecule has 0 saturated heterocycles. The lowest BCUT2D eigenvalue weighted by atomic mass is 10.2. The Balaban J connectivity index is 2.43. The highest BCUT2D eigenvalue weighted by Gasteiger charge is 2.06. The second kappa shape index (κ2) is 6.14. The molecule has 2 N–H and O–H groups in total. The van der Waals surface area contributed by atoms with Crippen molar-refractivity contribution in [3.63, 3.8) is 0 Å². The molecule has 0 aliphatic rings. The average Bonchev–Trinajstić information content (AvgIpc) is 2.72. The van der Waals surface area contributed by atoms with Gasteiger partial charge in [-0.1, -0.05) is 22.9 Å². The van der Waals surface area contributed by atoms with E-state index in [-0.39, 0.29) is 5.75 Å². The van der Waals surface area contributed by atoms with Crippen LogP contribution in [0.1, 0.15) is 18.3 Å². The molecule has 0 amide bonds. The van der Waals surface area contributed by atoms with Crippen molar-refractivity contribution < 1.29 is 5.11 Å². The topological polar surface area (TPSA) is 66.2 Å². The number of rotatable bonds is 3. The smallest absolute Gasteiger partial charge is 0.216 e. The summed E-state index contributed by atoms with van der Waals surface area (Å²) in [5.74, 6) is 0.936. The molecule has 19 heavy (non-hydrogen) atoms. The number of nitrogens with zero attached hydrogens (tertiary/aromatic N) is 3. The molecule has 1 aromatic heterocycles. The third kappa shape index (κ3) is 3.23. The Kier molecular flexibility index (Phi) is 4.74. The van der Waals surface area contributed by atoms with Crippen molar-refractivity contribution in [3.05, 3.63) is 36.3 Å². The fraction of sp³-hybridized carbons (Fsp3) is 0.182. The molecule has 0 spiro atoms. The summed E-state index contributed by atoms with van der Waals surface area (Å²) in [6, 6.07) is 3.62. The Morgan fingerprint density at radius 3 is 3.05 bits per heavy atom. The van der Waals surface area contributed by atoms with Gasteiger partial charge in [-0.3, -0.25) is 5.10 Å². The molecule has 100 valence electrons. The van der Waals surface area contributed by atoms with Crippen molar-refractivity contribution in [2.24, 2.45) is 5.10 Å². The van der Waals surface area contributed by atoms with Crippen LogP contribution in [0.3, 0.4) is 0 Å². The molecule has 1 aromatic carbocycles. The Hall–Kier alpha value is -0.740. The molecule has 0 bridgehead atoms. The highest BCUT2D eigenvalue weighted by molar-refractivity contribution is 14.1. The summed E-state index contributed by atoms with van der Waals surface area (Å²) < 4.78 is 3.60. The molecular formula is C11H10BrIN4OS. The van der Waals surface area contributed by atoms with Crippen molar-refractivity contribution in [1.82, 2.24) is 14.9 Å². The van der Waals surface area contributed by atoms with E-state index in [2.05, 4.69) is 53.8 Å². The molecule has 0 saturated carbocycles. The van der Waals surface area contributed by atoms with Gasteiger partial charge in [0.1, 0.15) is 5.75 Å². The van der Waals surface area contributed by atoms with Crippen LogP contribution in [-0.4, -0.2) is 26.2 Å². The fourth-order valence-electron chi connectivity index (χ4n) is 1.48. The van der Waals surface area contributed by atoms with Crippen LogP contribution in [-0.2, 0) is 6.42 Å². The quantitative estimate of drug-likeness (QED) is 0.425. The van der Waals surface area contributed by atoms with Crippen LogP contribution in [0.4, 0.5) is 0 Å². The van der Waals surface area contributed by atoms with E-state index in [0.717, 1.165) is 13.9 Å². The fourth-order valence-corrected chi connectivity index (χ4v) is 3.22. The van der Waals surface area contributed by atoms with E-state index in [0.29, 0.717) is 16.8 Å². The van der Waals surface area contributed by atoms with Crippen LogP contribution in [0, 0.1) is 8.34 Å². The molecule has 1 heterocycles. The minimum absolute atomic E-state index is 0.195. The second-order valence-electron chi connectivity index (χ2n) is 3.68. The summed E-state index contributed by atoms with van der Waals surface area (Å²) in [7, 11) is 0. The number of halogens is 2. The molecule has 2 rings (SSSR count). The lowest BCUT2D eigenvalue weighted by Crippen LogP contribution is -1.97. The summed E-state index contributed by atoms with van der Waals surface area (Å²) in [5.41, 5.74) is 0.615. The van der Waals surface area contributed by atoms with Crippen LogP contribution < -0.4 is 0 Å². The van der Waals surface area contributed by atoms with E-state index in [1.54, 1.807) is 17.0 Å². The van der Waals surface area contributed by atoms with Crippen LogP contribution in [0.5, 0.6) is 5.75 Å². The van der Waals surface area contributed by atoms with Crippen LogP contribution in [0.15, 0.2) is 21.7 Å². The largest absolute Gasteiger partial charge is 0.506 e. The highest BCUT2D eigenvalue weighted by atomic mass is 127. The van der Waals surface area contributed by atoms with Crippen LogP contribution in [0.25, 0.3) is 0 Å². The lowest BCUT2D eigenvalue weighted by molar-refractivity contribution is 0.470. The van der Waals surface area contributed by atoms with Gasteiger partial charge in [-0.2, -0.15) is 14.9 Å². The van der Waals surface area contributed by atoms with E-state index in [4.69, 9.17) is 12.2 Å². The van der Waals surface area contributed by atoms with Crippen molar-refractivity contribution >= 4 is 57.0 Å². The lowest BCUT2D eigenvalue weighted by Gasteiger charge is -2.03. The molecule has 0 aliphatic carbocycles. The first-order valence-electron chi connectivity index (χ1n) is 5.41. The number of benzene rings is 1. The Morgan fingerprint density at radius 1 is 1.63 bits per heavy atom. The number of hydrogen-bond acceptors (Lipinski definition) is 4. The van der Waals surface area contributed by atoms with Gasteiger partial charge in [0.05, 0.1) is 9.78 Å². The van der Waals surface area contributed by atoms with Gasteiger partial charge in [-0.05, 0) is 46.9 Å². The van der Waals surface area contributed by atoms with E-state index in [9.17, 15) is 5.11 Å². The van der Waals surface area contributed by atoms with Gasteiger partial charge < -0.3 is 5.11 Å². The Bertz CT molecular complexity index is 694. The number of aryl methyl sites for hydroxylation is 1. The number of aromatic nitrogens is 3. The zero-order chi connectivity index (χ0) is 14.0. The summed E-state index contributed by atoms with van der Waals surface area (Å²) in [6.07, 6.45) is 2.28. The van der Waals surface area contributed by atoms with Crippen molar-refractivity contribution in [3.8, 4) is 5.75 Å². The number of aromatic hydroxyl groups is 1. The van der Waals surface area contributed by atoms with Crippen LogP contribution >= 0.6 is 50.7 Å². The number of phenolic OH excluding ortho intramolecular Hbond substituents is 1. The molecule has 0 unspecified atom stereocenters. The van der Waals surface area contributed by atoms with Crippen molar-refractivity contribution in [2.45, 2.75) is 13.3 Å². The van der Waals surface area contributed by atoms with E-state index < -0.39 is 0 Å². The zero-order valence-electron chi connectivity index (χ0n) is 9.89. The second-order valence-corrected chi connectivity index (χ2v) is 6.14. The van der Waals surface area contributed by atoms with E-state index >= 15 is 0 Å². The Morgan fingerprint density at radius 2 is 2.37 bits per heavy atom. The summed E-state index contributed by atoms with van der Waals surface area (Å²) in [6.45, 7) is 1.97. The molecule has 0 aliphatic heterocycles. The highest BCUT2D eigenvalue weighted by Crippen LogP contribution is 2.27. The minimum Gasteiger partial charge on any atom is -0.506 e. The van der Waals surface area contributed by atoms with Gasteiger partial charge in [-0.15, -0.1) is 0 Å². The molecule has 2 aromatic rings. The summed E-state index contributed by atoms with van der Waals surface area (Å²) >= 11 is 10.5. The summed E-state index contributed by atoms with van der Waals surface area (Å²) in [5, 5.41) is 21.0. The number of H-pyrrole nitrogens is 1. The van der Waals surface area contributed by atoms with Gasteiger partial charge in [-0.25, -0.2) is 0 Å². The molecule has 0 atom stereocenters. The van der Waals surface area contributed by atoms with Gasteiger partial charge in [0.15, 0.2) is 5.82 Å². The van der Waals surface area contributed by atoms with Gasteiger partial charge in [0, 0.05) is 16.5 Å². The molecule has 0 fully saturated rings. The molecular weight excluding hydrogens is 443 g/mol. The first-order valence-corrected chi connectivity index (χ1v) is 7.69. The van der Waals surface area contributed by atoms with Crippen molar-refractivity contribution in [1.29, 1.82) is 0 Å². The third-order valence-electron chi connectivity index (χ3n) is 2.40. The summed E-state index contributed by atoms with van der Waals surface area (Å²) in [4.78, 5) is 0. The predicted octanol–water partition coefficient (Wildman–Crippen LogP) is 3.46. The maximum absolute atomic E-state index is 9.97. The first-order chi connectivity index (χ1) is 9.02. The van der Waals surface area contributed by atoms with Crippen LogP contribution in [0.2, 0.25) is 0 Å². The minimum atomic E-state index is 0.195. The monoisotopic (exact) mass is 452 g/mol. The zero-order valence-corrected chi connectivity index (χ0v) is 14.5. The standard InChI is InChI=1S/C11H10BrIN4OS/c1-2-9-15-16-11(19)17(9)14-5-6-3-7(12)4-8(13)10(6)18/h3-5,18H,2H2,1H3,(H,16,19)/b14-5-. The number of phenols is 1. The first kappa shape index (κ1) is 14.7. The predicted molar refractivity (Wildman–Crippen MR) is 88.3 cm³/mol. The third-order valence-corrected chi connectivity index (χ3v) is 3.95.